The van der Waals surface area contributed by atoms with Crippen LogP contribution in [0.25, 0.3) is 0 Å². The van der Waals surface area contributed by atoms with Crippen LogP contribution in [-0.4, -0.2) is 22.1 Å². The number of carboxylic acid groups (broad SMARTS) is 1. The standard InChI is InChI=1S/C13H12FN3O4/c1-7-5-15-10(21-7)6-16-13(20)17-11-8(12(18)19)3-2-4-9(11)14/h2-5H,6H2,1H3,(H,18,19)(H2,16,17,20). The van der Waals surface area contributed by atoms with Gasteiger partial charge in [-0.1, -0.05) is 6.07 Å². The highest BCUT2D eigenvalue weighted by atomic mass is 19.1. The summed E-state index contributed by atoms with van der Waals surface area (Å²) in [5.74, 6) is -1.30. The number of aryl methyl sites for hydroxylation is 1. The van der Waals surface area contributed by atoms with Crippen LogP contribution in [0.15, 0.2) is 28.8 Å². The number of anilines is 1. The molecule has 110 valence electrons. The topological polar surface area (TPSA) is 104 Å². The van der Waals surface area contributed by atoms with Crippen molar-refractivity contribution in [2.75, 3.05) is 5.32 Å². The molecule has 0 bridgehead atoms. The number of carboxylic acids is 1. The highest BCUT2D eigenvalue weighted by Gasteiger charge is 2.16. The number of carbonyl (C=O) groups excluding carboxylic acids is 1. The van der Waals surface area contributed by atoms with Crippen LogP contribution in [0.2, 0.25) is 0 Å². The molecule has 0 atom stereocenters. The number of nitrogens with zero attached hydrogens (tertiary/aromatic N) is 1. The van der Waals surface area contributed by atoms with E-state index in [1.54, 1.807) is 6.92 Å². The third-order valence-corrected chi connectivity index (χ3v) is 2.55. The molecule has 8 heteroatoms. The summed E-state index contributed by atoms with van der Waals surface area (Å²) in [6.45, 7) is 1.70. The van der Waals surface area contributed by atoms with E-state index in [0.29, 0.717) is 5.76 Å². The quantitative estimate of drug-likeness (QED) is 0.801. The molecule has 21 heavy (non-hydrogen) atoms. The molecule has 0 aliphatic rings. The van der Waals surface area contributed by atoms with Gasteiger partial charge in [0, 0.05) is 0 Å². The molecule has 0 saturated carbocycles. The Morgan fingerprint density at radius 1 is 1.43 bits per heavy atom. The first-order chi connectivity index (χ1) is 9.97. The Hall–Kier alpha value is -2.90. The molecule has 0 aliphatic carbocycles. The zero-order valence-corrected chi connectivity index (χ0v) is 11.0. The van der Waals surface area contributed by atoms with E-state index in [-0.39, 0.29) is 18.0 Å². The van der Waals surface area contributed by atoms with E-state index in [1.165, 1.54) is 18.3 Å². The number of nitrogens with one attached hydrogen (secondary N) is 2. The lowest BCUT2D eigenvalue weighted by atomic mass is 10.1. The number of rotatable bonds is 4. The smallest absolute Gasteiger partial charge is 0.337 e. The summed E-state index contributed by atoms with van der Waals surface area (Å²) in [6.07, 6.45) is 1.49. The first-order valence-corrected chi connectivity index (χ1v) is 5.95. The van der Waals surface area contributed by atoms with Gasteiger partial charge in [-0.15, -0.1) is 0 Å². The first kappa shape index (κ1) is 14.5. The molecule has 0 unspecified atom stereocenters. The molecule has 0 saturated heterocycles. The van der Waals surface area contributed by atoms with Crippen molar-refractivity contribution in [2.45, 2.75) is 13.5 Å². The molecule has 1 heterocycles. The predicted molar refractivity (Wildman–Crippen MR) is 70.5 cm³/mol. The van der Waals surface area contributed by atoms with Crippen LogP contribution in [-0.2, 0) is 6.54 Å². The molecule has 0 aliphatic heterocycles. The zero-order chi connectivity index (χ0) is 15.4. The van der Waals surface area contributed by atoms with Gasteiger partial charge in [0.15, 0.2) is 0 Å². The van der Waals surface area contributed by atoms with E-state index in [4.69, 9.17) is 9.52 Å². The number of benzene rings is 1. The third-order valence-electron chi connectivity index (χ3n) is 2.55. The van der Waals surface area contributed by atoms with Crippen molar-refractivity contribution in [3.05, 3.63) is 47.4 Å². The molecule has 3 N–H and O–H groups in total. The molecule has 7 nitrogen and oxygen atoms in total. The van der Waals surface area contributed by atoms with Gasteiger partial charge in [0.25, 0.3) is 0 Å². The second kappa shape index (κ2) is 6.04. The van der Waals surface area contributed by atoms with Crippen LogP contribution in [0.5, 0.6) is 0 Å². The van der Waals surface area contributed by atoms with Gasteiger partial charge in [-0.3, -0.25) is 0 Å². The molecule has 0 radical (unpaired) electrons. The fourth-order valence-corrected chi connectivity index (χ4v) is 1.63. The van der Waals surface area contributed by atoms with Crippen LogP contribution in [0, 0.1) is 12.7 Å². The Bertz CT molecular complexity index is 684. The van der Waals surface area contributed by atoms with Crippen molar-refractivity contribution in [3.63, 3.8) is 0 Å². The van der Waals surface area contributed by atoms with Gasteiger partial charge >= 0.3 is 12.0 Å². The molecule has 2 aromatic rings. The summed E-state index contributed by atoms with van der Waals surface area (Å²) in [7, 11) is 0. The average Bonchev–Trinajstić information content (AvgIpc) is 2.84. The highest BCUT2D eigenvalue weighted by Crippen LogP contribution is 2.19. The maximum atomic E-state index is 13.6. The number of hydrogen-bond donors (Lipinski definition) is 3. The summed E-state index contributed by atoms with van der Waals surface area (Å²) in [4.78, 5) is 26.5. The normalized spacial score (nSPS) is 10.2. The van der Waals surface area contributed by atoms with Gasteiger partial charge in [0.1, 0.15) is 11.6 Å². The largest absolute Gasteiger partial charge is 0.478 e. The van der Waals surface area contributed by atoms with E-state index in [1.807, 2.05) is 0 Å². The minimum atomic E-state index is -1.34. The van der Waals surface area contributed by atoms with Crippen LogP contribution in [0.1, 0.15) is 22.0 Å². The average molecular weight is 293 g/mol. The lowest BCUT2D eigenvalue weighted by molar-refractivity contribution is 0.0697. The van der Waals surface area contributed by atoms with Gasteiger partial charge in [-0.25, -0.2) is 19.0 Å². The number of oxazole rings is 1. The van der Waals surface area contributed by atoms with Crippen LogP contribution < -0.4 is 10.6 Å². The van der Waals surface area contributed by atoms with E-state index in [2.05, 4.69) is 15.6 Å². The number of urea groups is 1. The number of hydrogen-bond acceptors (Lipinski definition) is 4. The predicted octanol–water partition coefficient (Wildman–Crippen LogP) is 2.14. The molecule has 2 amide bonds. The first-order valence-electron chi connectivity index (χ1n) is 5.95. The minimum Gasteiger partial charge on any atom is -0.478 e. The number of halogens is 1. The van der Waals surface area contributed by atoms with Crippen LogP contribution in [0.3, 0.4) is 0 Å². The summed E-state index contributed by atoms with van der Waals surface area (Å²) in [5, 5.41) is 13.5. The molecule has 0 fully saturated rings. The Morgan fingerprint density at radius 3 is 2.81 bits per heavy atom. The summed E-state index contributed by atoms with van der Waals surface area (Å²) < 4.78 is 18.7. The van der Waals surface area contributed by atoms with E-state index < -0.39 is 23.5 Å². The number of para-hydroxylation sites is 1. The monoisotopic (exact) mass is 293 g/mol. The SMILES string of the molecule is Cc1cnc(CNC(=O)Nc2c(F)cccc2C(=O)O)o1. The third kappa shape index (κ3) is 3.56. The Kier molecular flexibility index (Phi) is 4.17. The number of aromatic carboxylic acids is 1. The van der Waals surface area contributed by atoms with Crippen molar-refractivity contribution in [2.24, 2.45) is 0 Å². The maximum absolute atomic E-state index is 13.6. The second-order valence-electron chi connectivity index (χ2n) is 4.14. The lowest BCUT2D eigenvalue weighted by Gasteiger charge is -2.09. The second-order valence-corrected chi connectivity index (χ2v) is 4.14. The van der Waals surface area contributed by atoms with E-state index in [9.17, 15) is 14.0 Å². The molecular weight excluding hydrogens is 281 g/mol. The molecule has 2 rings (SSSR count). The summed E-state index contributed by atoms with van der Waals surface area (Å²) in [6, 6.07) is 2.73. The highest BCUT2D eigenvalue weighted by molar-refractivity contribution is 6.00. The van der Waals surface area contributed by atoms with Gasteiger partial charge in [-0.2, -0.15) is 0 Å². The molecule has 1 aromatic carbocycles. The van der Waals surface area contributed by atoms with Gasteiger partial charge in [-0.05, 0) is 19.1 Å². The number of aromatic nitrogens is 1. The number of amides is 2. The summed E-state index contributed by atoms with van der Waals surface area (Å²) >= 11 is 0. The maximum Gasteiger partial charge on any atom is 0.337 e. The zero-order valence-electron chi connectivity index (χ0n) is 11.0. The van der Waals surface area contributed by atoms with Gasteiger partial charge in [0.2, 0.25) is 5.89 Å². The van der Waals surface area contributed by atoms with Crippen LogP contribution >= 0.6 is 0 Å². The van der Waals surface area contributed by atoms with Crippen molar-refractivity contribution in [1.29, 1.82) is 0 Å². The van der Waals surface area contributed by atoms with Crippen molar-refractivity contribution in [1.82, 2.24) is 10.3 Å². The Morgan fingerprint density at radius 2 is 2.19 bits per heavy atom. The molecule has 0 spiro atoms. The fourth-order valence-electron chi connectivity index (χ4n) is 1.63. The van der Waals surface area contributed by atoms with Gasteiger partial charge < -0.3 is 20.2 Å². The van der Waals surface area contributed by atoms with E-state index in [0.717, 1.165) is 6.07 Å². The van der Waals surface area contributed by atoms with Crippen molar-refractivity contribution >= 4 is 17.7 Å². The minimum absolute atomic E-state index is 0.00344. The van der Waals surface area contributed by atoms with Crippen molar-refractivity contribution < 1.29 is 23.5 Å². The fraction of sp³-hybridized carbons (Fsp3) is 0.154. The van der Waals surface area contributed by atoms with Crippen LogP contribution in [0.4, 0.5) is 14.9 Å². The number of carbonyl (C=O) groups is 2. The van der Waals surface area contributed by atoms with E-state index >= 15 is 0 Å². The molecule has 1 aromatic heterocycles. The lowest BCUT2D eigenvalue weighted by Crippen LogP contribution is -2.29. The van der Waals surface area contributed by atoms with Crippen molar-refractivity contribution in [3.8, 4) is 0 Å². The Balaban J connectivity index is 2.04. The van der Waals surface area contributed by atoms with Gasteiger partial charge in [0.05, 0.1) is 24.0 Å². The summed E-state index contributed by atoms with van der Waals surface area (Å²) in [5.41, 5.74) is -0.733. The Labute approximate surface area is 118 Å². The molecular formula is C13H12FN3O4.